The third kappa shape index (κ3) is 3.12. The van der Waals surface area contributed by atoms with Crippen LogP contribution in [-0.4, -0.2) is 31.9 Å². The Hall–Kier alpha value is -4.26. The number of carbonyl (C=O) groups is 2. The van der Waals surface area contributed by atoms with Gasteiger partial charge in [-0.1, -0.05) is 24.3 Å². The predicted molar refractivity (Wildman–Crippen MR) is 129 cm³/mol. The van der Waals surface area contributed by atoms with E-state index in [1.807, 2.05) is 55.5 Å². The van der Waals surface area contributed by atoms with E-state index >= 15 is 0 Å². The molecule has 34 heavy (non-hydrogen) atoms. The first-order chi connectivity index (χ1) is 16.5. The van der Waals surface area contributed by atoms with Crippen LogP contribution in [-0.2, 0) is 9.59 Å². The Kier molecular flexibility index (Phi) is 4.58. The van der Waals surface area contributed by atoms with Gasteiger partial charge in [-0.3, -0.25) is 9.59 Å². The third-order valence-corrected chi connectivity index (χ3v) is 6.56. The molecule has 7 heteroatoms. The number of amides is 2. The molecule has 4 aromatic rings. The van der Waals surface area contributed by atoms with E-state index in [0.29, 0.717) is 40.9 Å². The molecule has 2 amide bonds. The topological polar surface area (TPSA) is 88.3 Å². The maximum Gasteiger partial charge on any atom is 0.261 e. The van der Waals surface area contributed by atoms with E-state index in [-0.39, 0.29) is 17.6 Å². The Morgan fingerprint density at radius 2 is 1.41 bits per heavy atom. The number of phenols is 1. The number of phenolic OH excluding ortho intramolecular Hbond substituents is 1. The summed E-state index contributed by atoms with van der Waals surface area (Å²) in [5.74, 6) is -0.348. The second-order valence-corrected chi connectivity index (χ2v) is 8.82. The molecule has 0 saturated heterocycles. The first kappa shape index (κ1) is 20.4. The number of aromatic hydroxyl groups is 1. The molecule has 0 unspecified atom stereocenters. The smallest absolute Gasteiger partial charge is 0.261 e. The van der Waals surface area contributed by atoms with Crippen LogP contribution < -0.4 is 4.90 Å². The minimum absolute atomic E-state index is 0.0594. The molecule has 2 aliphatic rings. The molecule has 6 rings (SSSR count). The lowest BCUT2D eigenvalue weighted by Gasteiger charge is -2.16. The van der Waals surface area contributed by atoms with Gasteiger partial charge >= 0.3 is 0 Å². The number of aromatic nitrogens is 3. The molecule has 1 N–H and O–H groups in total. The highest BCUT2D eigenvalue weighted by Crippen LogP contribution is 2.39. The van der Waals surface area contributed by atoms with Crippen molar-refractivity contribution in [1.82, 2.24) is 15.0 Å². The molecule has 0 atom stereocenters. The molecule has 3 aromatic carbocycles. The number of carbonyl (C=O) groups excluding carboxylic acids is 2. The lowest BCUT2D eigenvalue weighted by molar-refractivity contribution is -0.120. The molecular formula is C27H22N4O3. The second kappa shape index (κ2) is 7.66. The molecule has 0 spiro atoms. The maximum absolute atomic E-state index is 12.9. The number of aryl methyl sites for hydroxylation is 1. The molecular weight excluding hydrogens is 428 g/mol. The van der Waals surface area contributed by atoms with Gasteiger partial charge in [-0.25, -0.2) is 4.90 Å². The van der Waals surface area contributed by atoms with Crippen molar-refractivity contribution in [1.29, 1.82) is 0 Å². The van der Waals surface area contributed by atoms with Crippen LogP contribution >= 0.6 is 0 Å². The van der Waals surface area contributed by atoms with Crippen molar-refractivity contribution in [2.24, 2.45) is 0 Å². The average Bonchev–Trinajstić information content (AvgIpc) is 3.40. The van der Waals surface area contributed by atoms with E-state index in [2.05, 4.69) is 10.2 Å². The van der Waals surface area contributed by atoms with Crippen molar-refractivity contribution in [3.63, 3.8) is 0 Å². The molecule has 0 fully saturated rings. The summed E-state index contributed by atoms with van der Waals surface area (Å²) in [6, 6.07) is 18.4. The number of nitrogens with zero attached hydrogens (tertiary/aromatic N) is 4. The number of fused-ring (bicyclic) bond motifs is 1. The van der Waals surface area contributed by atoms with Crippen LogP contribution in [0.3, 0.4) is 0 Å². The van der Waals surface area contributed by atoms with Crippen LogP contribution in [0.5, 0.6) is 5.75 Å². The Labute approximate surface area is 195 Å². The maximum atomic E-state index is 12.9. The van der Waals surface area contributed by atoms with Gasteiger partial charge in [0.05, 0.1) is 5.69 Å². The highest BCUT2D eigenvalue weighted by atomic mass is 16.3. The number of benzene rings is 3. The van der Waals surface area contributed by atoms with E-state index < -0.39 is 0 Å². The van der Waals surface area contributed by atoms with Crippen molar-refractivity contribution in [3.8, 4) is 22.6 Å². The molecule has 1 aliphatic heterocycles. The van der Waals surface area contributed by atoms with Gasteiger partial charge in [-0.2, -0.15) is 0 Å². The lowest BCUT2D eigenvalue weighted by atomic mass is 9.93. The standard InChI is InChI=1S/C27H22N4O3/c1-16-14-21(25(32)24(15-16)31-28-22-8-4-5-9-23(22)29-31)17-10-12-18(13-11-17)30-26(33)19-6-2-3-7-20(19)27(30)34/h4-5,8-15,32H,2-3,6-7H2,1H3. The molecule has 0 bridgehead atoms. The fraction of sp³-hybridized carbons (Fsp3) is 0.185. The number of hydrogen-bond donors (Lipinski definition) is 1. The molecule has 2 heterocycles. The molecule has 1 aromatic heterocycles. The Balaban J connectivity index is 1.36. The van der Waals surface area contributed by atoms with Gasteiger partial charge in [0.25, 0.3) is 11.8 Å². The monoisotopic (exact) mass is 450 g/mol. The summed E-state index contributed by atoms with van der Waals surface area (Å²) in [6.07, 6.45) is 3.23. The normalized spacial score (nSPS) is 16.0. The molecule has 1 aliphatic carbocycles. The molecule has 7 nitrogen and oxygen atoms in total. The zero-order valence-electron chi connectivity index (χ0n) is 18.7. The van der Waals surface area contributed by atoms with E-state index in [9.17, 15) is 14.7 Å². The number of rotatable bonds is 3. The highest BCUT2D eigenvalue weighted by Gasteiger charge is 2.39. The highest BCUT2D eigenvalue weighted by molar-refractivity contribution is 6.33. The van der Waals surface area contributed by atoms with Gasteiger partial charge < -0.3 is 5.11 Å². The first-order valence-corrected chi connectivity index (χ1v) is 11.4. The summed E-state index contributed by atoms with van der Waals surface area (Å²) in [5, 5.41) is 20.1. The Morgan fingerprint density at radius 3 is 2.00 bits per heavy atom. The zero-order chi connectivity index (χ0) is 23.4. The third-order valence-electron chi connectivity index (χ3n) is 6.56. The van der Waals surface area contributed by atoms with Gasteiger partial charge in [-0.05, 0) is 80.1 Å². The lowest BCUT2D eigenvalue weighted by Crippen LogP contribution is -2.31. The van der Waals surface area contributed by atoms with Crippen LogP contribution in [0, 0.1) is 6.92 Å². The van der Waals surface area contributed by atoms with Crippen LogP contribution in [0.15, 0.2) is 71.8 Å². The van der Waals surface area contributed by atoms with Gasteiger partial charge in [0.1, 0.15) is 16.7 Å². The quantitative estimate of drug-likeness (QED) is 0.451. The second-order valence-electron chi connectivity index (χ2n) is 8.82. The fourth-order valence-electron chi connectivity index (χ4n) is 4.86. The minimum atomic E-state index is -0.204. The predicted octanol–water partition coefficient (Wildman–Crippen LogP) is 4.85. The van der Waals surface area contributed by atoms with E-state index in [1.54, 1.807) is 12.1 Å². The molecule has 0 saturated carbocycles. The SMILES string of the molecule is Cc1cc(-c2ccc(N3C(=O)C4=C(CCCC4)C3=O)cc2)c(O)c(-n2nc3ccccc3n2)c1. The van der Waals surface area contributed by atoms with Crippen molar-refractivity contribution in [2.45, 2.75) is 32.6 Å². The Bertz CT molecular complexity index is 1450. The summed E-state index contributed by atoms with van der Waals surface area (Å²) in [6.45, 7) is 1.95. The van der Waals surface area contributed by atoms with Gasteiger partial charge in [0, 0.05) is 16.7 Å². The molecule has 168 valence electrons. The zero-order valence-corrected chi connectivity index (χ0v) is 18.7. The van der Waals surface area contributed by atoms with Gasteiger partial charge in [-0.15, -0.1) is 15.0 Å². The van der Waals surface area contributed by atoms with Crippen LogP contribution in [0.25, 0.3) is 27.8 Å². The summed E-state index contributed by atoms with van der Waals surface area (Å²) >= 11 is 0. The van der Waals surface area contributed by atoms with Crippen LogP contribution in [0.4, 0.5) is 5.69 Å². The van der Waals surface area contributed by atoms with Crippen molar-refractivity contribution in [3.05, 3.63) is 77.4 Å². The van der Waals surface area contributed by atoms with E-state index in [0.717, 1.165) is 35.0 Å². The largest absolute Gasteiger partial charge is 0.505 e. The fourth-order valence-corrected chi connectivity index (χ4v) is 4.86. The summed E-state index contributed by atoms with van der Waals surface area (Å²) in [7, 11) is 0. The number of hydrogen-bond acceptors (Lipinski definition) is 5. The van der Waals surface area contributed by atoms with Crippen molar-refractivity contribution < 1.29 is 14.7 Å². The summed E-state index contributed by atoms with van der Waals surface area (Å²) < 4.78 is 0. The number of anilines is 1. The van der Waals surface area contributed by atoms with E-state index in [1.165, 1.54) is 9.70 Å². The van der Waals surface area contributed by atoms with Gasteiger partial charge in [0.2, 0.25) is 0 Å². The minimum Gasteiger partial charge on any atom is -0.505 e. The van der Waals surface area contributed by atoms with E-state index in [4.69, 9.17) is 0 Å². The molecule has 0 radical (unpaired) electrons. The number of imide groups is 1. The van der Waals surface area contributed by atoms with Crippen LogP contribution in [0.1, 0.15) is 31.2 Å². The summed E-state index contributed by atoms with van der Waals surface area (Å²) in [4.78, 5) is 28.5. The van der Waals surface area contributed by atoms with Crippen molar-refractivity contribution in [2.75, 3.05) is 4.90 Å². The Morgan fingerprint density at radius 1 is 0.824 bits per heavy atom. The first-order valence-electron chi connectivity index (χ1n) is 11.4. The average molecular weight is 450 g/mol. The van der Waals surface area contributed by atoms with Crippen molar-refractivity contribution >= 4 is 28.5 Å². The van der Waals surface area contributed by atoms with Crippen LogP contribution in [0.2, 0.25) is 0 Å². The summed E-state index contributed by atoms with van der Waals surface area (Å²) in [5.41, 5.74) is 6.17. The van der Waals surface area contributed by atoms with Gasteiger partial charge in [0.15, 0.2) is 5.75 Å².